The van der Waals surface area contributed by atoms with Crippen molar-refractivity contribution in [1.82, 2.24) is 10.2 Å². The first-order chi connectivity index (χ1) is 7.15. The largest absolute Gasteiger partial charge is 0.310 e. The number of hydrogen-bond acceptors (Lipinski definition) is 2. The maximum absolute atomic E-state index is 12.3. The molecule has 2 nitrogen and oxygen atoms in total. The van der Waals surface area contributed by atoms with Crippen LogP contribution >= 0.6 is 0 Å². The van der Waals surface area contributed by atoms with Crippen LogP contribution in [0.5, 0.6) is 0 Å². The molecule has 0 aromatic heterocycles. The molecule has 0 amide bonds. The lowest BCUT2D eigenvalue weighted by Crippen LogP contribution is -2.52. The summed E-state index contributed by atoms with van der Waals surface area (Å²) in [4.78, 5) is 2.18. The Bertz CT molecular complexity index is 173. The van der Waals surface area contributed by atoms with Crippen molar-refractivity contribution in [3.8, 4) is 0 Å². The van der Waals surface area contributed by atoms with Gasteiger partial charge in [-0.2, -0.15) is 0 Å². The lowest BCUT2D eigenvalue weighted by atomic mass is 9.89. The number of halogens is 1. The van der Waals surface area contributed by atoms with E-state index in [1.54, 1.807) is 0 Å². The van der Waals surface area contributed by atoms with E-state index >= 15 is 0 Å². The van der Waals surface area contributed by atoms with E-state index < -0.39 is 0 Å². The van der Waals surface area contributed by atoms with Crippen molar-refractivity contribution in [2.45, 2.75) is 57.7 Å². The number of alkyl halides is 1. The predicted octanol–water partition coefficient (Wildman–Crippen LogP) is 2.20. The molecule has 1 rings (SSSR count). The zero-order valence-corrected chi connectivity index (χ0v) is 10.3. The average Bonchev–Trinajstić information content (AvgIpc) is 2.18. The maximum Gasteiger partial charge on any atom is 0.102 e. The normalized spacial score (nSPS) is 27.6. The predicted molar refractivity (Wildman–Crippen MR) is 62.9 cm³/mol. The highest BCUT2D eigenvalue weighted by Gasteiger charge is 2.28. The number of rotatable bonds is 5. The highest BCUT2D eigenvalue weighted by molar-refractivity contribution is 4.87. The average molecular weight is 216 g/mol. The summed E-state index contributed by atoms with van der Waals surface area (Å²) in [5, 5.41) is 3.61. The van der Waals surface area contributed by atoms with Gasteiger partial charge in [-0.3, -0.25) is 4.90 Å². The van der Waals surface area contributed by atoms with E-state index in [-0.39, 0.29) is 6.67 Å². The fraction of sp³-hybridized carbons (Fsp3) is 1.00. The van der Waals surface area contributed by atoms with Gasteiger partial charge in [0.05, 0.1) is 0 Å². The second-order valence-corrected chi connectivity index (χ2v) is 4.95. The number of nitrogens with zero attached hydrogens (tertiary/aromatic N) is 1. The van der Waals surface area contributed by atoms with Crippen molar-refractivity contribution in [3.05, 3.63) is 0 Å². The lowest BCUT2D eigenvalue weighted by Gasteiger charge is -2.39. The summed E-state index contributed by atoms with van der Waals surface area (Å²) in [5.41, 5.74) is 0. The zero-order valence-electron chi connectivity index (χ0n) is 10.3. The number of likely N-dealkylation sites (N-methyl/N-ethyl adjacent to an activating group) is 1. The van der Waals surface area contributed by atoms with Gasteiger partial charge in [0, 0.05) is 24.7 Å². The third-order valence-corrected chi connectivity index (χ3v) is 3.28. The van der Waals surface area contributed by atoms with Gasteiger partial charge >= 0.3 is 0 Å². The highest BCUT2D eigenvalue weighted by atomic mass is 19.1. The molecule has 1 fully saturated rings. The summed E-state index contributed by atoms with van der Waals surface area (Å²) < 4.78 is 12.3. The summed E-state index contributed by atoms with van der Waals surface area (Å²) in [6.07, 6.45) is 5.04. The Kier molecular flexibility index (Phi) is 5.54. The molecule has 1 saturated carbocycles. The fourth-order valence-electron chi connectivity index (χ4n) is 2.56. The first-order valence-electron chi connectivity index (χ1n) is 6.17. The van der Waals surface area contributed by atoms with Crippen molar-refractivity contribution in [3.63, 3.8) is 0 Å². The van der Waals surface area contributed by atoms with E-state index in [2.05, 4.69) is 24.1 Å². The van der Waals surface area contributed by atoms with Gasteiger partial charge in [-0.05, 0) is 19.9 Å². The van der Waals surface area contributed by atoms with Gasteiger partial charge in [0.25, 0.3) is 0 Å². The molecule has 1 aliphatic rings. The summed E-state index contributed by atoms with van der Waals surface area (Å²) in [7, 11) is 2.05. The van der Waals surface area contributed by atoms with Crippen molar-refractivity contribution < 1.29 is 4.39 Å². The SMILES string of the molecule is CC(C)N[C@H]1CCCC[C@@H]1N(C)CCF. The van der Waals surface area contributed by atoms with Crippen LogP contribution in [-0.4, -0.2) is 43.3 Å². The second kappa shape index (κ2) is 6.44. The van der Waals surface area contributed by atoms with Crippen molar-refractivity contribution in [2.75, 3.05) is 20.3 Å². The van der Waals surface area contributed by atoms with Gasteiger partial charge in [-0.1, -0.05) is 26.7 Å². The van der Waals surface area contributed by atoms with E-state index in [0.29, 0.717) is 24.7 Å². The minimum atomic E-state index is -0.235. The Morgan fingerprint density at radius 1 is 1.33 bits per heavy atom. The van der Waals surface area contributed by atoms with Crippen LogP contribution in [0.3, 0.4) is 0 Å². The van der Waals surface area contributed by atoms with Crippen LogP contribution in [0.25, 0.3) is 0 Å². The minimum absolute atomic E-state index is 0.235. The molecule has 0 spiro atoms. The molecule has 3 heteroatoms. The van der Waals surface area contributed by atoms with Crippen LogP contribution in [0.4, 0.5) is 4.39 Å². The van der Waals surface area contributed by atoms with Crippen LogP contribution in [0, 0.1) is 0 Å². The third-order valence-electron chi connectivity index (χ3n) is 3.28. The van der Waals surface area contributed by atoms with Gasteiger partial charge in [-0.25, -0.2) is 4.39 Å². The molecular weight excluding hydrogens is 191 g/mol. The Hall–Kier alpha value is -0.150. The number of hydrogen-bond donors (Lipinski definition) is 1. The van der Waals surface area contributed by atoms with E-state index in [1.165, 1.54) is 25.7 Å². The lowest BCUT2D eigenvalue weighted by molar-refractivity contribution is 0.136. The van der Waals surface area contributed by atoms with Gasteiger partial charge in [-0.15, -0.1) is 0 Å². The van der Waals surface area contributed by atoms with Gasteiger partial charge in [0.1, 0.15) is 6.67 Å². The molecule has 0 aromatic rings. The summed E-state index contributed by atoms with van der Waals surface area (Å²) in [6, 6.07) is 1.60. The van der Waals surface area contributed by atoms with Gasteiger partial charge < -0.3 is 5.32 Å². The van der Waals surface area contributed by atoms with Crippen molar-refractivity contribution >= 4 is 0 Å². The van der Waals surface area contributed by atoms with Crippen molar-refractivity contribution in [2.24, 2.45) is 0 Å². The summed E-state index contributed by atoms with van der Waals surface area (Å²) in [6.45, 7) is 4.70. The van der Waals surface area contributed by atoms with Gasteiger partial charge in [0.2, 0.25) is 0 Å². The van der Waals surface area contributed by atoms with Crippen LogP contribution in [0.1, 0.15) is 39.5 Å². The van der Waals surface area contributed by atoms with Crippen LogP contribution in [0.15, 0.2) is 0 Å². The van der Waals surface area contributed by atoms with Crippen LogP contribution < -0.4 is 5.32 Å². The standard InChI is InChI=1S/C12H25FN2/c1-10(2)14-11-6-4-5-7-12(11)15(3)9-8-13/h10-12,14H,4-9H2,1-3H3/t11-,12-/m0/s1. The Labute approximate surface area is 93.2 Å². The van der Waals surface area contributed by atoms with Crippen molar-refractivity contribution in [1.29, 1.82) is 0 Å². The zero-order chi connectivity index (χ0) is 11.3. The number of nitrogens with one attached hydrogen (secondary N) is 1. The molecule has 1 aliphatic carbocycles. The Morgan fingerprint density at radius 2 is 2.00 bits per heavy atom. The molecule has 15 heavy (non-hydrogen) atoms. The molecule has 0 saturated heterocycles. The highest BCUT2D eigenvalue weighted by Crippen LogP contribution is 2.22. The van der Waals surface area contributed by atoms with E-state index in [9.17, 15) is 4.39 Å². The van der Waals surface area contributed by atoms with Crippen LogP contribution in [-0.2, 0) is 0 Å². The first-order valence-corrected chi connectivity index (χ1v) is 6.17. The fourth-order valence-corrected chi connectivity index (χ4v) is 2.56. The summed E-state index contributed by atoms with van der Waals surface area (Å²) in [5.74, 6) is 0. The topological polar surface area (TPSA) is 15.3 Å². The van der Waals surface area contributed by atoms with E-state index in [1.807, 2.05) is 7.05 Å². The monoisotopic (exact) mass is 216 g/mol. The Balaban J connectivity index is 2.48. The molecular formula is C12H25FN2. The molecule has 1 N–H and O–H groups in total. The molecule has 0 aliphatic heterocycles. The molecule has 2 atom stereocenters. The molecule has 90 valence electrons. The second-order valence-electron chi connectivity index (χ2n) is 4.95. The maximum atomic E-state index is 12.3. The molecule has 0 bridgehead atoms. The van der Waals surface area contributed by atoms with E-state index in [0.717, 1.165) is 0 Å². The smallest absolute Gasteiger partial charge is 0.102 e. The van der Waals surface area contributed by atoms with Crippen LogP contribution in [0.2, 0.25) is 0 Å². The first kappa shape index (κ1) is 12.9. The quantitative estimate of drug-likeness (QED) is 0.758. The van der Waals surface area contributed by atoms with Gasteiger partial charge in [0.15, 0.2) is 0 Å². The molecule has 0 unspecified atom stereocenters. The molecule has 0 radical (unpaired) electrons. The third kappa shape index (κ3) is 4.07. The minimum Gasteiger partial charge on any atom is -0.310 e. The Morgan fingerprint density at radius 3 is 2.60 bits per heavy atom. The summed E-state index contributed by atoms with van der Waals surface area (Å²) >= 11 is 0. The van der Waals surface area contributed by atoms with E-state index in [4.69, 9.17) is 0 Å². The molecule has 0 heterocycles. The molecule has 0 aromatic carbocycles.